The van der Waals surface area contributed by atoms with Crippen LogP contribution in [0.25, 0.3) is 11.3 Å². The highest BCUT2D eigenvalue weighted by molar-refractivity contribution is 8.00. The zero-order valence-electron chi connectivity index (χ0n) is 22.0. The van der Waals surface area contributed by atoms with Gasteiger partial charge in [-0.05, 0) is 24.1 Å². The Bertz CT molecular complexity index is 1370. The lowest BCUT2D eigenvalue weighted by molar-refractivity contribution is -0.141. The molecule has 1 amide bonds. The van der Waals surface area contributed by atoms with Crippen molar-refractivity contribution < 1.29 is 18.0 Å². The van der Waals surface area contributed by atoms with E-state index in [1.807, 2.05) is 36.4 Å². The minimum Gasteiger partial charge on any atom is -0.339 e. The molecule has 0 bridgehead atoms. The molecule has 1 fully saturated rings. The van der Waals surface area contributed by atoms with Gasteiger partial charge in [-0.3, -0.25) is 9.69 Å². The van der Waals surface area contributed by atoms with Gasteiger partial charge in [0.25, 0.3) is 0 Å². The number of thioether (sulfide) groups is 1. The molecular formula is C31H29F3N4OS. The summed E-state index contributed by atoms with van der Waals surface area (Å²) in [5.74, 6) is -0.136. The van der Waals surface area contributed by atoms with Crippen LogP contribution in [0.1, 0.15) is 29.8 Å². The van der Waals surface area contributed by atoms with Gasteiger partial charge in [0.1, 0.15) is 5.69 Å². The van der Waals surface area contributed by atoms with Crippen LogP contribution in [0.5, 0.6) is 0 Å². The molecule has 4 aromatic rings. The fraction of sp³-hybridized carbons (Fsp3) is 0.258. The molecule has 3 aromatic carbocycles. The van der Waals surface area contributed by atoms with Gasteiger partial charge in [-0.25, -0.2) is 9.97 Å². The van der Waals surface area contributed by atoms with E-state index >= 15 is 0 Å². The lowest BCUT2D eigenvalue weighted by Crippen LogP contribution is -2.51. The Kier molecular flexibility index (Phi) is 8.52. The van der Waals surface area contributed by atoms with Crippen molar-refractivity contribution in [3.8, 4) is 11.3 Å². The Morgan fingerprint density at radius 2 is 1.32 bits per heavy atom. The number of hydrogen-bond acceptors (Lipinski definition) is 5. The average molecular weight is 563 g/mol. The van der Waals surface area contributed by atoms with Gasteiger partial charge in [0, 0.05) is 31.7 Å². The van der Waals surface area contributed by atoms with Gasteiger partial charge in [-0.1, -0.05) is 103 Å². The normalized spacial score (nSPS) is 15.3. The van der Waals surface area contributed by atoms with E-state index in [1.165, 1.54) is 11.1 Å². The summed E-state index contributed by atoms with van der Waals surface area (Å²) >= 11 is 0.958. The second kappa shape index (κ2) is 12.2. The largest absolute Gasteiger partial charge is 0.433 e. The summed E-state index contributed by atoms with van der Waals surface area (Å²) in [6.45, 7) is 4.10. The topological polar surface area (TPSA) is 49.3 Å². The molecule has 0 saturated carbocycles. The van der Waals surface area contributed by atoms with Crippen molar-refractivity contribution in [2.24, 2.45) is 0 Å². The molecule has 0 spiro atoms. The van der Waals surface area contributed by atoms with Gasteiger partial charge >= 0.3 is 6.18 Å². The highest BCUT2D eigenvalue weighted by atomic mass is 32.2. The number of hydrogen-bond donors (Lipinski definition) is 0. The number of nitrogens with zero attached hydrogens (tertiary/aromatic N) is 4. The Morgan fingerprint density at radius 1 is 0.800 bits per heavy atom. The van der Waals surface area contributed by atoms with Crippen LogP contribution in [0.4, 0.5) is 13.2 Å². The van der Waals surface area contributed by atoms with Gasteiger partial charge in [0.15, 0.2) is 5.16 Å². The first kappa shape index (κ1) is 27.9. The summed E-state index contributed by atoms with van der Waals surface area (Å²) in [6.07, 6.45) is -4.63. The summed E-state index contributed by atoms with van der Waals surface area (Å²) in [7, 11) is 0. The highest BCUT2D eigenvalue weighted by Gasteiger charge is 2.35. The van der Waals surface area contributed by atoms with Crippen molar-refractivity contribution in [3.63, 3.8) is 0 Å². The Labute approximate surface area is 236 Å². The van der Waals surface area contributed by atoms with Crippen molar-refractivity contribution in [2.45, 2.75) is 29.5 Å². The van der Waals surface area contributed by atoms with E-state index < -0.39 is 17.1 Å². The first-order valence-electron chi connectivity index (χ1n) is 13.1. The second-order valence-electron chi connectivity index (χ2n) is 9.63. The van der Waals surface area contributed by atoms with Crippen LogP contribution >= 0.6 is 11.8 Å². The molecule has 206 valence electrons. The highest BCUT2D eigenvalue weighted by Crippen LogP contribution is 2.34. The number of piperazine rings is 1. The van der Waals surface area contributed by atoms with E-state index in [2.05, 4.69) is 39.1 Å². The van der Waals surface area contributed by atoms with Crippen molar-refractivity contribution in [2.75, 3.05) is 26.2 Å². The maximum Gasteiger partial charge on any atom is 0.433 e. The van der Waals surface area contributed by atoms with Gasteiger partial charge in [-0.15, -0.1) is 0 Å². The monoisotopic (exact) mass is 562 g/mol. The lowest BCUT2D eigenvalue weighted by atomic mass is 9.96. The van der Waals surface area contributed by atoms with Crippen LogP contribution < -0.4 is 0 Å². The number of halogens is 3. The molecule has 1 aliphatic rings. The summed E-state index contributed by atoms with van der Waals surface area (Å²) in [5.41, 5.74) is 2.08. The maximum atomic E-state index is 13.6. The SMILES string of the molecule is C[C@H](Sc1nc(-c2ccccc2)cc(C(F)(F)F)n1)C(=O)N1CCN(C(c2ccccc2)c2ccccc2)CC1. The molecule has 0 radical (unpaired) electrons. The van der Waals surface area contributed by atoms with Gasteiger partial charge < -0.3 is 4.90 Å². The molecule has 0 unspecified atom stereocenters. The molecule has 9 heteroatoms. The molecule has 0 aliphatic carbocycles. The first-order chi connectivity index (χ1) is 19.3. The predicted octanol–water partition coefficient (Wildman–Crippen LogP) is 6.58. The van der Waals surface area contributed by atoms with E-state index in [4.69, 9.17) is 0 Å². The average Bonchev–Trinajstić information content (AvgIpc) is 2.98. The second-order valence-corrected chi connectivity index (χ2v) is 10.9. The van der Waals surface area contributed by atoms with Crippen LogP contribution in [0.15, 0.2) is 102 Å². The molecule has 0 N–H and O–H groups in total. The number of rotatable bonds is 7. The van der Waals surface area contributed by atoms with E-state index in [-0.39, 0.29) is 22.8 Å². The molecule has 1 aromatic heterocycles. The lowest BCUT2D eigenvalue weighted by Gasteiger charge is -2.40. The van der Waals surface area contributed by atoms with Crippen molar-refractivity contribution >= 4 is 17.7 Å². The predicted molar refractivity (Wildman–Crippen MR) is 151 cm³/mol. The summed E-state index contributed by atoms with van der Waals surface area (Å²) in [6, 6.07) is 30.3. The molecule has 5 rings (SSSR count). The van der Waals surface area contributed by atoms with Crippen LogP contribution in [-0.4, -0.2) is 57.1 Å². The summed E-state index contributed by atoms with van der Waals surface area (Å²) < 4.78 is 40.9. The van der Waals surface area contributed by atoms with Crippen LogP contribution in [0, 0.1) is 0 Å². The third kappa shape index (κ3) is 6.54. The fourth-order valence-electron chi connectivity index (χ4n) is 4.93. The molecular weight excluding hydrogens is 533 g/mol. The van der Waals surface area contributed by atoms with E-state index in [1.54, 1.807) is 42.2 Å². The number of carbonyl (C=O) groups is 1. The van der Waals surface area contributed by atoms with Gasteiger partial charge in [0.05, 0.1) is 17.0 Å². The third-order valence-corrected chi connectivity index (χ3v) is 7.87. The van der Waals surface area contributed by atoms with Crippen molar-refractivity contribution in [1.82, 2.24) is 19.8 Å². The molecule has 5 nitrogen and oxygen atoms in total. The fourth-order valence-corrected chi connectivity index (χ4v) is 5.80. The number of carbonyl (C=O) groups excluding carboxylic acids is 1. The molecule has 40 heavy (non-hydrogen) atoms. The van der Waals surface area contributed by atoms with E-state index in [0.717, 1.165) is 17.8 Å². The minimum absolute atomic E-state index is 0.0682. The van der Waals surface area contributed by atoms with Gasteiger partial charge in [0.2, 0.25) is 5.91 Å². The van der Waals surface area contributed by atoms with E-state index in [9.17, 15) is 18.0 Å². The maximum absolute atomic E-state index is 13.6. The number of benzene rings is 3. The minimum atomic E-state index is -4.63. The third-order valence-electron chi connectivity index (χ3n) is 6.92. The quantitative estimate of drug-likeness (QED) is 0.188. The Morgan fingerprint density at radius 3 is 1.85 bits per heavy atom. The molecule has 1 aliphatic heterocycles. The molecule has 1 saturated heterocycles. The summed E-state index contributed by atoms with van der Waals surface area (Å²) in [5, 5.41) is -0.709. The standard InChI is InChI=1S/C31H29F3N4OS/c1-22(40-30-35-26(23-11-5-2-6-12-23)21-27(36-30)31(32,33)34)29(39)38-19-17-37(18-20-38)28(24-13-7-3-8-14-24)25-15-9-4-10-16-25/h2-16,21-22,28H,17-20H2,1H3/t22-/m0/s1. The number of alkyl halides is 3. The van der Waals surface area contributed by atoms with E-state index in [0.29, 0.717) is 31.7 Å². The number of amides is 1. The smallest absolute Gasteiger partial charge is 0.339 e. The van der Waals surface area contributed by atoms with Crippen molar-refractivity contribution in [1.29, 1.82) is 0 Å². The first-order valence-corrected chi connectivity index (χ1v) is 14.0. The van der Waals surface area contributed by atoms with Crippen LogP contribution in [0.3, 0.4) is 0 Å². The zero-order valence-corrected chi connectivity index (χ0v) is 22.8. The van der Waals surface area contributed by atoms with Crippen LogP contribution in [0.2, 0.25) is 0 Å². The molecule has 1 atom stereocenters. The Balaban J connectivity index is 1.29. The number of aromatic nitrogens is 2. The summed E-state index contributed by atoms with van der Waals surface area (Å²) in [4.78, 5) is 25.6. The zero-order chi connectivity index (χ0) is 28.1. The van der Waals surface area contributed by atoms with Gasteiger partial charge in [-0.2, -0.15) is 13.2 Å². The molecule has 2 heterocycles. The van der Waals surface area contributed by atoms with Crippen LogP contribution in [-0.2, 0) is 11.0 Å². The van der Waals surface area contributed by atoms with Crippen molar-refractivity contribution in [3.05, 3.63) is 114 Å². The Hall–Kier alpha value is -3.69.